The maximum Gasteiger partial charge on any atom is 0.287 e. The van der Waals surface area contributed by atoms with Crippen molar-refractivity contribution in [2.75, 3.05) is 19.6 Å². The number of nitrogens with one attached hydrogen (secondary N) is 2. The van der Waals surface area contributed by atoms with E-state index in [1.807, 2.05) is 24.3 Å². The van der Waals surface area contributed by atoms with Crippen LogP contribution in [-0.4, -0.2) is 53.7 Å². The highest BCUT2D eigenvalue weighted by Crippen LogP contribution is 2.31. The van der Waals surface area contributed by atoms with Crippen LogP contribution < -0.4 is 10.6 Å². The van der Waals surface area contributed by atoms with Gasteiger partial charge in [0.15, 0.2) is 11.5 Å². The van der Waals surface area contributed by atoms with Crippen LogP contribution in [0, 0.1) is 11.8 Å². The van der Waals surface area contributed by atoms with E-state index in [0.717, 1.165) is 37.7 Å². The molecule has 0 spiro atoms. The van der Waals surface area contributed by atoms with Crippen molar-refractivity contribution in [1.82, 2.24) is 15.5 Å². The van der Waals surface area contributed by atoms with Gasteiger partial charge in [0.1, 0.15) is 11.1 Å². The summed E-state index contributed by atoms with van der Waals surface area (Å²) >= 11 is 0. The quantitative estimate of drug-likeness (QED) is 0.584. The first kappa shape index (κ1) is 26.0. The van der Waals surface area contributed by atoms with Gasteiger partial charge in [0.25, 0.3) is 5.91 Å². The number of rotatable bonds is 6. The highest BCUT2D eigenvalue weighted by molar-refractivity contribution is 6.01. The fourth-order valence-electron chi connectivity index (χ4n) is 6.69. The van der Waals surface area contributed by atoms with Gasteiger partial charge in [-0.05, 0) is 56.1 Å². The summed E-state index contributed by atoms with van der Waals surface area (Å²) in [5.74, 6) is 0.668. The molecule has 1 saturated heterocycles. The van der Waals surface area contributed by atoms with Gasteiger partial charge in [0.2, 0.25) is 5.91 Å². The van der Waals surface area contributed by atoms with Gasteiger partial charge in [-0.2, -0.15) is 0 Å². The lowest BCUT2D eigenvalue weighted by atomic mass is 9.80. The number of ketones is 1. The van der Waals surface area contributed by atoms with Crippen molar-refractivity contribution >= 4 is 28.6 Å². The minimum Gasteiger partial charge on any atom is -0.451 e. The van der Waals surface area contributed by atoms with Crippen LogP contribution in [0.15, 0.2) is 34.7 Å². The molecule has 7 nitrogen and oxygen atoms in total. The first-order valence-electron chi connectivity index (χ1n) is 14.3. The second-order valence-electron chi connectivity index (χ2n) is 11.8. The summed E-state index contributed by atoms with van der Waals surface area (Å²) in [5.41, 5.74) is -0.378. The van der Waals surface area contributed by atoms with E-state index in [4.69, 9.17) is 4.42 Å². The van der Waals surface area contributed by atoms with E-state index in [-0.39, 0.29) is 23.4 Å². The summed E-state index contributed by atoms with van der Waals surface area (Å²) in [6.07, 6.45) is 10.9. The predicted molar refractivity (Wildman–Crippen MR) is 143 cm³/mol. The highest BCUT2D eigenvalue weighted by Gasteiger charge is 2.43. The maximum atomic E-state index is 13.8. The van der Waals surface area contributed by atoms with Crippen LogP contribution in [0.25, 0.3) is 11.0 Å². The summed E-state index contributed by atoms with van der Waals surface area (Å²) in [4.78, 5) is 42.6. The molecule has 2 atom stereocenters. The van der Waals surface area contributed by atoms with Crippen LogP contribution in [0.3, 0.4) is 0 Å². The van der Waals surface area contributed by atoms with Crippen molar-refractivity contribution in [3.8, 4) is 0 Å². The third-order valence-electron chi connectivity index (χ3n) is 8.67. The minimum atomic E-state index is -1.02. The minimum absolute atomic E-state index is 0.0862. The molecule has 7 heteroatoms. The van der Waals surface area contributed by atoms with Crippen molar-refractivity contribution in [3.05, 3.63) is 36.1 Å². The zero-order valence-corrected chi connectivity index (χ0v) is 22.1. The van der Waals surface area contributed by atoms with Gasteiger partial charge in [-0.25, -0.2) is 0 Å². The molecule has 2 heterocycles. The molecule has 37 heavy (non-hydrogen) atoms. The number of para-hydroxylation sites is 1. The Morgan fingerprint density at radius 2 is 1.78 bits per heavy atom. The average Bonchev–Trinajstić information content (AvgIpc) is 3.28. The lowest BCUT2D eigenvalue weighted by molar-refractivity contribution is -0.133. The Balaban J connectivity index is 1.27. The Labute approximate surface area is 219 Å². The summed E-state index contributed by atoms with van der Waals surface area (Å²) in [5, 5.41) is 6.99. The van der Waals surface area contributed by atoms with Crippen LogP contribution in [0.5, 0.6) is 0 Å². The smallest absolute Gasteiger partial charge is 0.287 e. The second-order valence-corrected chi connectivity index (χ2v) is 11.8. The molecule has 2 aromatic rings. The molecular formula is C30H41N3O4. The van der Waals surface area contributed by atoms with Crippen LogP contribution in [0.2, 0.25) is 0 Å². The van der Waals surface area contributed by atoms with Crippen LogP contribution >= 0.6 is 0 Å². The molecule has 5 rings (SSSR count). The number of fused-ring (bicyclic) bond motifs is 1. The summed E-state index contributed by atoms with van der Waals surface area (Å²) in [6.45, 7) is 4.44. The fourth-order valence-corrected chi connectivity index (χ4v) is 6.69. The first-order valence-corrected chi connectivity index (χ1v) is 14.3. The number of carbonyl (C=O) groups excluding carboxylic acids is 3. The maximum absolute atomic E-state index is 13.8. The average molecular weight is 508 g/mol. The van der Waals surface area contributed by atoms with Gasteiger partial charge >= 0.3 is 0 Å². The van der Waals surface area contributed by atoms with E-state index in [2.05, 4.69) is 22.5 Å². The van der Waals surface area contributed by atoms with E-state index in [9.17, 15) is 14.4 Å². The zero-order valence-electron chi connectivity index (χ0n) is 22.1. The van der Waals surface area contributed by atoms with Crippen LogP contribution in [0.4, 0.5) is 0 Å². The van der Waals surface area contributed by atoms with Crippen molar-refractivity contribution < 1.29 is 18.8 Å². The number of Topliss-reactive ketones (excluding diaryl/α,β-unsaturated/α-hetero) is 1. The molecule has 1 aliphatic heterocycles. The van der Waals surface area contributed by atoms with E-state index >= 15 is 0 Å². The Hall–Kier alpha value is -2.67. The number of furan rings is 1. The van der Waals surface area contributed by atoms with Gasteiger partial charge in [-0.15, -0.1) is 0 Å². The van der Waals surface area contributed by atoms with Gasteiger partial charge in [-0.1, -0.05) is 63.6 Å². The fraction of sp³-hybridized carbons (Fsp3) is 0.633. The zero-order chi connectivity index (χ0) is 25.8. The van der Waals surface area contributed by atoms with Crippen molar-refractivity contribution in [1.29, 1.82) is 0 Å². The highest BCUT2D eigenvalue weighted by atomic mass is 16.3. The molecule has 2 amide bonds. The molecule has 0 unspecified atom stereocenters. The van der Waals surface area contributed by atoms with Crippen LogP contribution in [0.1, 0.15) is 88.1 Å². The van der Waals surface area contributed by atoms with Gasteiger partial charge in [-0.3, -0.25) is 19.3 Å². The Kier molecular flexibility index (Phi) is 7.98. The third kappa shape index (κ3) is 6.08. The van der Waals surface area contributed by atoms with Crippen molar-refractivity contribution in [3.63, 3.8) is 0 Å². The van der Waals surface area contributed by atoms with Crippen LogP contribution in [-0.2, 0) is 9.59 Å². The summed E-state index contributed by atoms with van der Waals surface area (Å²) in [6, 6.07) is 8.69. The number of likely N-dealkylation sites (tertiary alicyclic amines) is 1. The Bertz CT molecular complexity index is 1080. The Morgan fingerprint density at radius 3 is 2.54 bits per heavy atom. The molecule has 3 fully saturated rings. The molecule has 0 bridgehead atoms. The number of benzene rings is 1. The summed E-state index contributed by atoms with van der Waals surface area (Å²) in [7, 11) is 0. The molecule has 1 aromatic heterocycles. The molecule has 2 saturated carbocycles. The van der Waals surface area contributed by atoms with E-state index in [1.165, 1.54) is 32.1 Å². The largest absolute Gasteiger partial charge is 0.451 e. The first-order chi connectivity index (χ1) is 17.9. The van der Waals surface area contributed by atoms with E-state index in [0.29, 0.717) is 43.2 Å². The third-order valence-corrected chi connectivity index (χ3v) is 8.67. The number of nitrogens with zero attached hydrogens (tertiary/aromatic N) is 1. The normalized spacial score (nSPS) is 25.5. The number of hydrogen-bond acceptors (Lipinski definition) is 5. The van der Waals surface area contributed by atoms with Gasteiger partial charge in [0.05, 0.1) is 12.6 Å². The lowest BCUT2D eigenvalue weighted by Crippen LogP contribution is -2.62. The molecule has 2 aliphatic carbocycles. The molecular weight excluding hydrogens is 466 g/mol. The number of hydrogen-bond donors (Lipinski definition) is 2. The van der Waals surface area contributed by atoms with Gasteiger partial charge in [0, 0.05) is 18.5 Å². The molecule has 200 valence electrons. The molecule has 0 radical (unpaired) electrons. The Morgan fingerprint density at radius 1 is 1.05 bits per heavy atom. The topological polar surface area (TPSA) is 91.6 Å². The molecule has 3 aliphatic rings. The molecule has 2 N–H and O–H groups in total. The summed E-state index contributed by atoms with van der Waals surface area (Å²) < 4.78 is 5.76. The van der Waals surface area contributed by atoms with Gasteiger partial charge < -0.3 is 15.1 Å². The van der Waals surface area contributed by atoms with Crippen molar-refractivity contribution in [2.45, 2.75) is 89.1 Å². The van der Waals surface area contributed by atoms with E-state index in [1.54, 1.807) is 6.07 Å². The standard InChI is InChI=1S/C30H41N3O4/c1-21-16-24(25(34)20-33(18-21)19-22-10-4-2-5-11-22)31-29(36)30(14-8-3-9-15-30)32-28(35)27-17-23-12-6-7-13-26(23)37-27/h6-7,12-13,17,21-22,24H,2-5,8-11,14-16,18-20H2,1H3,(H,31,36)(H,32,35)/t21-,24+/m1/s1. The monoisotopic (exact) mass is 507 g/mol. The number of carbonyl (C=O) groups is 3. The number of amides is 2. The lowest BCUT2D eigenvalue weighted by Gasteiger charge is -2.37. The molecule has 1 aromatic carbocycles. The SMILES string of the molecule is C[C@@H]1C[C@H](NC(=O)C2(NC(=O)c3cc4ccccc4o3)CCCCC2)C(=O)CN(CC2CCCCC2)C1. The predicted octanol–water partition coefficient (Wildman–Crippen LogP) is 4.84. The van der Waals surface area contributed by atoms with E-state index < -0.39 is 11.6 Å². The van der Waals surface area contributed by atoms with Crippen molar-refractivity contribution in [2.24, 2.45) is 11.8 Å². The second kappa shape index (κ2) is 11.4.